The third-order valence-electron chi connectivity index (χ3n) is 5.10. The van der Waals surface area contributed by atoms with Gasteiger partial charge in [-0.05, 0) is 23.8 Å². The van der Waals surface area contributed by atoms with E-state index in [0.717, 1.165) is 5.56 Å². The highest BCUT2D eigenvalue weighted by Crippen LogP contribution is 2.44. The second-order valence-corrected chi connectivity index (χ2v) is 6.97. The molecule has 0 bridgehead atoms. The molecule has 2 aromatic carbocycles. The van der Waals surface area contributed by atoms with Gasteiger partial charge in [0.1, 0.15) is 5.82 Å². The van der Waals surface area contributed by atoms with Crippen LogP contribution in [0.3, 0.4) is 0 Å². The maximum Gasteiger partial charge on any atom is 0.336 e. The summed E-state index contributed by atoms with van der Waals surface area (Å²) in [6, 6.07) is 11.2. The van der Waals surface area contributed by atoms with E-state index >= 15 is 0 Å². The second-order valence-electron chi connectivity index (χ2n) is 6.97. The molecule has 0 N–H and O–H groups in total. The Labute approximate surface area is 185 Å². The van der Waals surface area contributed by atoms with E-state index in [1.54, 1.807) is 47.6 Å². The van der Waals surface area contributed by atoms with Gasteiger partial charge < -0.3 is 23.8 Å². The van der Waals surface area contributed by atoms with Crippen LogP contribution in [0.5, 0.6) is 11.5 Å². The van der Waals surface area contributed by atoms with Crippen LogP contribution in [0.15, 0.2) is 66.0 Å². The van der Waals surface area contributed by atoms with E-state index in [1.165, 1.54) is 40.6 Å². The fourth-order valence-corrected chi connectivity index (χ4v) is 3.65. The lowest BCUT2D eigenvalue weighted by Gasteiger charge is -2.31. The monoisotopic (exact) mass is 441 g/mol. The van der Waals surface area contributed by atoms with Gasteiger partial charge in [0.2, 0.25) is 0 Å². The van der Waals surface area contributed by atoms with Crippen LogP contribution < -0.4 is 9.47 Å². The van der Waals surface area contributed by atoms with Gasteiger partial charge >= 0.3 is 11.9 Å². The first-order valence-corrected chi connectivity index (χ1v) is 9.74. The van der Waals surface area contributed by atoms with Crippen molar-refractivity contribution in [2.75, 3.05) is 28.4 Å². The van der Waals surface area contributed by atoms with E-state index in [1.807, 2.05) is 0 Å². The maximum atomic E-state index is 13.3. The highest BCUT2D eigenvalue weighted by molar-refractivity contribution is 5.99. The van der Waals surface area contributed by atoms with E-state index in [2.05, 4.69) is 0 Å². The third-order valence-corrected chi connectivity index (χ3v) is 5.10. The SMILES string of the molecule is COC(=O)C1=CN(Cc2ccc(F)cc2)C=C(C(=O)OC)C1c1cccc(OC)c1OC. The molecule has 0 radical (unpaired) electrons. The van der Waals surface area contributed by atoms with Gasteiger partial charge in [0, 0.05) is 24.5 Å². The number of nitrogens with zero attached hydrogens (tertiary/aromatic N) is 1. The Morgan fingerprint density at radius 3 is 1.97 bits per heavy atom. The number of ether oxygens (including phenoxy) is 4. The topological polar surface area (TPSA) is 74.3 Å². The lowest BCUT2D eigenvalue weighted by molar-refractivity contribution is -0.137. The fourth-order valence-electron chi connectivity index (χ4n) is 3.65. The molecule has 0 saturated heterocycles. The first-order valence-electron chi connectivity index (χ1n) is 9.74. The summed E-state index contributed by atoms with van der Waals surface area (Å²) >= 11 is 0. The quantitative estimate of drug-likeness (QED) is 0.609. The van der Waals surface area contributed by atoms with Gasteiger partial charge in [-0.15, -0.1) is 0 Å². The minimum Gasteiger partial charge on any atom is -0.493 e. The number of halogens is 1. The molecule has 0 aliphatic carbocycles. The Morgan fingerprint density at radius 2 is 1.47 bits per heavy atom. The zero-order valence-corrected chi connectivity index (χ0v) is 18.3. The molecular weight excluding hydrogens is 417 g/mol. The first kappa shape index (κ1) is 22.9. The summed E-state index contributed by atoms with van der Waals surface area (Å²) in [5.41, 5.74) is 1.75. The predicted molar refractivity (Wildman–Crippen MR) is 114 cm³/mol. The molecule has 32 heavy (non-hydrogen) atoms. The molecule has 1 aliphatic heterocycles. The summed E-state index contributed by atoms with van der Waals surface area (Å²) < 4.78 is 34.2. The fraction of sp³-hybridized carbons (Fsp3) is 0.250. The summed E-state index contributed by atoms with van der Waals surface area (Å²) in [6.45, 7) is 0.295. The minimum absolute atomic E-state index is 0.212. The molecule has 1 aliphatic rings. The molecule has 0 fully saturated rings. The number of carbonyl (C=O) groups is 2. The number of carbonyl (C=O) groups excluding carboxylic acids is 2. The number of hydrogen-bond acceptors (Lipinski definition) is 7. The number of esters is 2. The smallest absolute Gasteiger partial charge is 0.336 e. The predicted octanol–water partition coefficient (Wildman–Crippen LogP) is 3.56. The van der Waals surface area contributed by atoms with Crippen LogP contribution in [-0.4, -0.2) is 45.3 Å². The van der Waals surface area contributed by atoms with Crippen LogP contribution >= 0.6 is 0 Å². The summed E-state index contributed by atoms with van der Waals surface area (Å²) in [4.78, 5) is 27.2. The largest absolute Gasteiger partial charge is 0.493 e. The first-order chi connectivity index (χ1) is 15.4. The van der Waals surface area contributed by atoms with Gasteiger partial charge in [0.05, 0.1) is 45.5 Å². The Hall–Kier alpha value is -3.81. The van der Waals surface area contributed by atoms with Crippen LogP contribution in [-0.2, 0) is 25.6 Å². The molecule has 0 saturated carbocycles. The zero-order chi connectivity index (χ0) is 23.3. The van der Waals surface area contributed by atoms with Gasteiger partial charge in [0.25, 0.3) is 0 Å². The summed E-state index contributed by atoms with van der Waals surface area (Å²) in [5, 5.41) is 0. The highest BCUT2D eigenvalue weighted by Gasteiger charge is 2.37. The molecule has 0 atom stereocenters. The van der Waals surface area contributed by atoms with E-state index in [0.29, 0.717) is 23.6 Å². The normalized spacial score (nSPS) is 13.7. The molecule has 0 amide bonds. The van der Waals surface area contributed by atoms with Crippen LogP contribution in [0.4, 0.5) is 4.39 Å². The van der Waals surface area contributed by atoms with Crippen molar-refractivity contribution in [1.29, 1.82) is 0 Å². The number of hydrogen-bond donors (Lipinski definition) is 0. The second kappa shape index (κ2) is 10.00. The third kappa shape index (κ3) is 4.59. The minimum atomic E-state index is -0.815. The van der Waals surface area contributed by atoms with Gasteiger partial charge in [0.15, 0.2) is 11.5 Å². The summed E-state index contributed by atoms with van der Waals surface area (Å²) in [6.07, 6.45) is 3.20. The number of methoxy groups -OCH3 is 4. The highest BCUT2D eigenvalue weighted by atomic mass is 19.1. The molecule has 1 heterocycles. The Bertz CT molecular complexity index is 1030. The molecule has 3 rings (SSSR count). The summed E-state index contributed by atoms with van der Waals surface area (Å²) in [7, 11) is 5.52. The molecule has 2 aromatic rings. The van der Waals surface area contributed by atoms with Crippen molar-refractivity contribution in [1.82, 2.24) is 4.90 Å². The standard InChI is InChI=1S/C24H24FNO6/c1-29-20-7-5-6-17(22(20)30-2)21-18(23(27)31-3)13-26(14-19(21)24(28)32-4)12-15-8-10-16(25)11-9-15/h5-11,13-14,21H,12H2,1-4H3. The number of rotatable bonds is 7. The maximum absolute atomic E-state index is 13.3. The van der Waals surface area contributed by atoms with Crippen molar-refractivity contribution >= 4 is 11.9 Å². The molecule has 7 nitrogen and oxygen atoms in total. The van der Waals surface area contributed by atoms with Crippen molar-refractivity contribution in [3.05, 3.63) is 83.0 Å². The summed E-state index contributed by atoms with van der Waals surface area (Å²) in [5.74, 6) is -1.56. The van der Waals surface area contributed by atoms with E-state index < -0.39 is 17.9 Å². The lowest BCUT2D eigenvalue weighted by atomic mass is 9.82. The number of benzene rings is 2. The van der Waals surface area contributed by atoms with E-state index in [4.69, 9.17) is 18.9 Å². The van der Waals surface area contributed by atoms with Crippen molar-refractivity contribution in [3.8, 4) is 11.5 Å². The number of para-hydroxylation sites is 1. The molecule has 0 spiro atoms. The van der Waals surface area contributed by atoms with E-state index in [9.17, 15) is 14.0 Å². The van der Waals surface area contributed by atoms with Gasteiger partial charge in [-0.3, -0.25) is 0 Å². The van der Waals surface area contributed by atoms with Crippen LogP contribution in [0.2, 0.25) is 0 Å². The molecule has 0 unspecified atom stereocenters. The Morgan fingerprint density at radius 1 is 0.875 bits per heavy atom. The van der Waals surface area contributed by atoms with Crippen LogP contribution in [0, 0.1) is 5.82 Å². The van der Waals surface area contributed by atoms with Crippen molar-refractivity contribution in [3.63, 3.8) is 0 Å². The molecule has 0 aromatic heterocycles. The van der Waals surface area contributed by atoms with Crippen molar-refractivity contribution < 1.29 is 32.9 Å². The van der Waals surface area contributed by atoms with E-state index in [-0.39, 0.29) is 17.0 Å². The van der Waals surface area contributed by atoms with Gasteiger partial charge in [-0.25, -0.2) is 14.0 Å². The van der Waals surface area contributed by atoms with Gasteiger partial charge in [-0.1, -0.05) is 24.3 Å². The molecule has 168 valence electrons. The van der Waals surface area contributed by atoms with Crippen LogP contribution in [0.25, 0.3) is 0 Å². The van der Waals surface area contributed by atoms with Crippen molar-refractivity contribution in [2.24, 2.45) is 0 Å². The Balaban J connectivity index is 2.15. The van der Waals surface area contributed by atoms with Crippen LogP contribution in [0.1, 0.15) is 17.0 Å². The average Bonchev–Trinajstić information content (AvgIpc) is 2.83. The van der Waals surface area contributed by atoms with Gasteiger partial charge in [-0.2, -0.15) is 0 Å². The van der Waals surface area contributed by atoms with Crippen molar-refractivity contribution in [2.45, 2.75) is 12.5 Å². The molecular formula is C24H24FNO6. The Kier molecular flexibility index (Phi) is 7.14. The average molecular weight is 441 g/mol. The zero-order valence-electron chi connectivity index (χ0n) is 18.3. The lowest BCUT2D eigenvalue weighted by Crippen LogP contribution is -2.29. The molecule has 8 heteroatoms.